The highest BCUT2D eigenvalue weighted by molar-refractivity contribution is 5.24. The normalized spacial score (nSPS) is 11.3. The fourth-order valence-electron chi connectivity index (χ4n) is 3.68. The Bertz CT molecular complexity index is 950. The van der Waals surface area contributed by atoms with E-state index in [0.29, 0.717) is 6.54 Å². The summed E-state index contributed by atoms with van der Waals surface area (Å²) in [4.78, 5) is 0. The van der Waals surface area contributed by atoms with E-state index in [1.54, 1.807) is 0 Å². The molecule has 1 radical (unpaired) electrons. The average molecular weight is 491 g/mol. The van der Waals surface area contributed by atoms with Gasteiger partial charge in [-0.05, 0) is 58.3 Å². The Hall–Kier alpha value is -2.46. The molecular weight excluding hydrogens is 442 g/mol. The lowest BCUT2D eigenvalue weighted by Crippen LogP contribution is -2.19. The Balaban J connectivity index is 0.000000274. The van der Waals surface area contributed by atoms with Gasteiger partial charge in [-0.1, -0.05) is 126 Å². The van der Waals surface area contributed by atoms with Crippen LogP contribution < -0.4 is 5.73 Å². The molecule has 3 nitrogen and oxygen atoms in total. The summed E-state index contributed by atoms with van der Waals surface area (Å²) in [5, 5.41) is 18.2. The molecule has 0 atom stereocenters. The Morgan fingerprint density at radius 1 is 0.611 bits per heavy atom. The van der Waals surface area contributed by atoms with Crippen molar-refractivity contribution in [1.29, 1.82) is 0 Å². The largest absolute Gasteiger partial charge is 0.396 e. The zero-order valence-electron chi connectivity index (χ0n) is 23.3. The molecule has 4 N–H and O–H groups in total. The van der Waals surface area contributed by atoms with Crippen LogP contribution in [0.2, 0.25) is 0 Å². The Morgan fingerprint density at radius 2 is 1.03 bits per heavy atom. The molecule has 3 rings (SSSR count). The first-order valence-corrected chi connectivity index (χ1v) is 12.9. The summed E-state index contributed by atoms with van der Waals surface area (Å²) >= 11 is 0. The van der Waals surface area contributed by atoms with Gasteiger partial charge in [-0.15, -0.1) is 0 Å². The van der Waals surface area contributed by atoms with Gasteiger partial charge < -0.3 is 15.9 Å². The molecule has 0 fully saturated rings. The molecule has 0 saturated heterocycles. The second-order valence-electron chi connectivity index (χ2n) is 11.4. The maximum absolute atomic E-state index is 9.16. The summed E-state index contributed by atoms with van der Waals surface area (Å²) in [6.07, 6.45) is 2.93. The number of benzene rings is 3. The zero-order chi connectivity index (χ0) is 27.0. The van der Waals surface area contributed by atoms with Crippen molar-refractivity contribution in [2.24, 2.45) is 16.6 Å². The third kappa shape index (κ3) is 14.2. The molecule has 3 aromatic carbocycles. The van der Waals surface area contributed by atoms with E-state index in [9.17, 15) is 0 Å². The van der Waals surface area contributed by atoms with Crippen LogP contribution in [-0.2, 0) is 25.8 Å². The van der Waals surface area contributed by atoms with E-state index >= 15 is 0 Å². The minimum absolute atomic E-state index is 0.00134. The Labute approximate surface area is 220 Å². The van der Waals surface area contributed by atoms with E-state index in [0.717, 1.165) is 24.8 Å². The first-order chi connectivity index (χ1) is 17.0. The van der Waals surface area contributed by atoms with Gasteiger partial charge in [-0.3, -0.25) is 0 Å². The number of hydrogen-bond acceptors (Lipinski definition) is 3. The second-order valence-corrected chi connectivity index (χ2v) is 11.4. The highest BCUT2D eigenvalue weighted by Gasteiger charge is 2.17. The summed E-state index contributed by atoms with van der Waals surface area (Å²) in [7, 11) is 0. The molecule has 0 amide bonds. The van der Waals surface area contributed by atoms with Gasteiger partial charge in [0.05, 0.1) is 0 Å². The summed E-state index contributed by atoms with van der Waals surface area (Å²) in [5.74, 6) is 1.46. The molecule has 3 aromatic rings. The molecule has 36 heavy (non-hydrogen) atoms. The molecule has 0 unspecified atom stereocenters. The standard InChI is InChI=1S/C12H19NO.C11H16O.C10H13/c1-12(2,9-14)7-10-4-3-5-11(6-10)8-13;1-11(2,9-12)8-10-6-4-3-5-7-10;1-9(2)8-10-6-4-3-5-7-10/h3-6,14H,7-9,13H2,1-2H3;3-7,12H,8-9H2,1-2H3;3-7H,8H2,1-2H3. The fourth-order valence-corrected chi connectivity index (χ4v) is 3.68. The minimum Gasteiger partial charge on any atom is -0.396 e. The zero-order valence-corrected chi connectivity index (χ0v) is 23.3. The first-order valence-electron chi connectivity index (χ1n) is 12.9. The van der Waals surface area contributed by atoms with Gasteiger partial charge in [0.25, 0.3) is 0 Å². The van der Waals surface area contributed by atoms with Gasteiger partial charge in [0.2, 0.25) is 0 Å². The van der Waals surface area contributed by atoms with Crippen molar-refractivity contribution in [2.45, 2.75) is 67.3 Å². The van der Waals surface area contributed by atoms with Crippen molar-refractivity contribution in [1.82, 2.24) is 0 Å². The van der Waals surface area contributed by atoms with Crippen LogP contribution in [-0.4, -0.2) is 23.4 Å². The van der Waals surface area contributed by atoms with Crippen molar-refractivity contribution in [3.63, 3.8) is 0 Å². The molecular formula is C33H48NO2. The van der Waals surface area contributed by atoms with Gasteiger partial charge in [-0.25, -0.2) is 0 Å². The molecule has 0 aliphatic carbocycles. The van der Waals surface area contributed by atoms with E-state index in [1.165, 1.54) is 22.6 Å². The van der Waals surface area contributed by atoms with Gasteiger partial charge in [-0.2, -0.15) is 0 Å². The highest BCUT2D eigenvalue weighted by atomic mass is 16.3. The quantitative estimate of drug-likeness (QED) is 0.309. The summed E-state index contributed by atoms with van der Waals surface area (Å²) in [6, 6.07) is 29.0. The lowest BCUT2D eigenvalue weighted by Gasteiger charge is -2.21. The van der Waals surface area contributed by atoms with Crippen LogP contribution in [0.15, 0.2) is 84.9 Å². The van der Waals surface area contributed by atoms with Crippen LogP contribution in [0.25, 0.3) is 0 Å². The van der Waals surface area contributed by atoms with E-state index in [4.69, 9.17) is 15.9 Å². The van der Waals surface area contributed by atoms with Crippen molar-refractivity contribution in [3.05, 3.63) is 113 Å². The third-order valence-corrected chi connectivity index (χ3v) is 5.69. The molecule has 0 aromatic heterocycles. The van der Waals surface area contributed by atoms with Crippen molar-refractivity contribution < 1.29 is 10.2 Å². The maximum atomic E-state index is 9.16. The average Bonchev–Trinajstić information content (AvgIpc) is 2.85. The first kappa shape index (κ1) is 31.6. The van der Waals surface area contributed by atoms with E-state index in [2.05, 4.69) is 96.1 Å². The molecule has 0 spiro atoms. The topological polar surface area (TPSA) is 66.5 Å². The summed E-state index contributed by atoms with van der Waals surface area (Å²) in [6.45, 7) is 13.6. The number of aliphatic hydroxyl groups is 2. The van der Waals surface area contributed by atoms with Crippen molar-refractivity contribution >= 4 is 0 Å². The summed E-state index contributed by atoms with van der Waals surface area (Å²) < 4.78 is 0. The monoisotopic (exact) mass is 490 g/mol. The number of rotatable bonds is 9. The van der Waals surface area contributed by atoms with Crippen molar-refractivity contribution in [2.75, 3.05) is 13.2 Å². The minimum atomic E-state index is -0.0484. The Morgan fingerprint density at radius 3 is 1.47 bits per heavy atom. The van der Waals surface area contributed by atoms with Crippen LogP contribution >= 0.6 is 0 Å². The summed E-state index contributed by atoms with van der Waals surface area (Å²) in [5.41, 5.74) is 10.6. The molecule has 0 aliphatic heterocycles. The third-order valence-electron chi connectivity index (χ3n) is 5.69. The molecule has 0 saturated carbocycles. The van der Waals surface area contributed by atoms with E-state index < -0.39 is 0 Å². The number of aliphatic hydroxyl groups excluding tert-OH is 2. The van der Waals surface area contributed by atoms with Crippen LogP contribution in [0.3, 0.4) is 0 Å². The van der Waals surface area contributed by atoms with Crippen LogP contribution in [0, 0.1) is 16.7 Å². The molecule has 0 bridgehead atoms. The number of hydrogen-bond donors (Lipinski definition) is 3. The lowest BCUT2D eigenvalue weighted by molar-refractivity contribution is 0.159. The van der Waals surface area contributed by atoms with Crippen molar-refractivity contribution in [3.8, 4) is 0 Å². The predicted molar refractivity (Wildman–Crippen MR) is 155 cm³/mol. The smallest absolute Gasteiger partial charge is 0.0485 e. The van der Waals surface area contributed by atoms with E-state index in [-0.39, 0.29) is 24.0 Å². The van der Waals surface area contributed by atoms with Crippen LogP contribution in [0.4, 0.5) is 0 Å². The van der Waals surface area contributed by atoms with Gasteiger partial charge in [0, 0.05) is 19.8 Å². The van der Waals surface area contributed by atoms with Crippen LogP contribution in [0.1, 0.15) is 63.8 Å². The van der Waals surface area contributed by atoms with Gasteiger partial charge in [0.15, 0.2) is 0 Å². The molecule has 197 valence electrons. The number of nitrogens with two attached hydrogens (primary N) is 1. The van der Waals surface area contributed by atoms with Gasteiger partial charge >= 0.3 is 0 Å². The molecule has 3 heteroatoms. The van der Waals surface area contributed by atoms with Gasteiger partial charge in [0.1, 0.15) is 0 Å². The highest BCUT2D eigenvalue weighted by Crippen LogP contribution is 2.21. The van der Waals surface area contributed by atoms with E-state index in [1.807, 2.05) is 30.3 Å². The second kappa shape index (κ2) is 16.3. The fraction of sp³-hybridized carbons (Fsp3) is 0.424. The Kier molecular flexibility index (Phi) is 14.3. The molecule has 0 aliphatic rings. The molecule has 0 heterocycles. The van der Waals surface area contributed by atoms with Crippen LogP contribution in [0.5, 0.6) is 0 Å². The predicted octanol–water partition coefficient (Wildman–Crippen LogP) is 6.80. The maximum Gasteiger partial charge on any atom is 0.0485 e. The lowest BCUT2D eigenvalue weighted by atomic mass is 9.86. The SMILES string of the molecule is CC(C)(CO)Cc1cccc(CN)c1.CC(C)(CO)Cc1ccccc1.C[C](C)Cc1ccccc1.